The van der Waals surface area contributed by atoms with Crippen LogP contribution in [-0.2, 0) is 0 Å². The molecule has 0 spiro atoms. The van der Waals surface area contributed by atoms with Gasteiger partial charge in [-0.15, -0.1) is 22.7 Å². The number of nitrogen functional groups attached to an aromatic ring is 1. The Balaban J connectivity index is 2.33. The Kier molecular flexibility index (Phi) is 3.85. The van der Waals surface area contributed by atoms with Gasteiger partial charge in [0.1, 0.15) is 10.9 Å². The third kappa shape index (κ3) is 2.51. The third-order valence-corrected chi connectivity index (χ3v) is 5.78. The van der Waals surface area contributed by atoms with Gasteiger partial charge in [0.15, 0.2) is 0 Å². The molecule has 0 aliphatic carbocycles. The quantitative estimate of drug-likeness (QED) is 0.628. The lowest BCUT2D eigenvalue weighted by molar-refractivity contribution is 1.46. The van der Waals surface area contributed by atoms with Crippen molar-refractivity contribution >= 4 is 44.3 Å². The summed E-state index contributed by atoms with van der Waals surface area (Å²) in [6.07, 6.45) is 0. The van der Waals surface area contributed by atoms with Crippen LogP contribution in [0.25, 0.3) is 20.9 Å². The van der Waals surface area contributed by atoms with Crippen molar-refractivity contribution in [3.8, 4) is 27.0 Å². The zero-order valence-electron chi connectivity index (χ0n) is 11.2. The molecule has 0 atom stereocenters. The normalized spacial score (nSPS) is 10.5. The average Bonchev–Trinajstić information content (AvgIpc) is 3.08. The van der Waals surface area contributed by atoms with Crippen LogP contribution in [0.4, 0.5) is 5.69 Å². The molecule has 3 rings (SSSR count). The molecule has 0 fully saturated rings. The number of thiophene rings is 2. The van der Waals surface area contributed by atoms with Gasteiger partial charge < -0.3 is 5.73 Å². The minimum Gasteiger partial charge on any atom is -0.396 e. The molecule has 2 nitrogen and oxygen atoms in total. The molecule has 2 N–H and O–H groups in total. The Morgan fingerprint density at radius 2 is 2.10 bits per heavy atom. The van der Waals surface area contributed by atoms with Crippen molar-refractivity contribution in [3.05, 3.63) is 50.6 Å². The molecule has 0 bridgehead atoms. The largest absolute Gasteiger partial charge is 0.396 e. The lowest BCUT2D eigenvalue weighted by Crippen LogP contribution is -1.88. The van der Waals surface area contributed by atoms with Gasteiger partial charge in [-0.2, -0.15) is 5.26 Å². The second-order valence-electron chi connectivity index (χ2n) is 4.60. The number of nitriles is 1. The molecule has 0 aliphatic rings. The van der Waals surface area contributed by atoms with Crippen LogP contribution in [0.3, 0.4) is 0 Å². The van der Waals surface area contributed by atoms with E-state index in [-0.39, 0.29) is 0 Å². The first-order valence-electron chi connectivity index (χ1n) is 6.24. The van der Waals surface area contributed by atoms with Crippen LogP contribution in [0.15, 0.2) is 40.2 Å². The van der Waals surface area contributed by atoms with Crippen LogP contribution >= 0.6 is 38.6 Å². The molecule has 2 aromatic heterocycles. The molecule has 0 radical (unpaired) electrons. The van der Waals surface area contributed by atoms with Gasteiger partial charge in [0.25, 0.3) is 0 Å². The molecule has 0 saturated heterocycles. The molecule has 0 unspecified atom stereocenters. The third-order valence-electron chi connectivity index (χ3n) is 3.26. The van der Waals surface area contributed by atoms with Gasteiger partial charge in [0.2, 0.25) is 0 Å². The first-order valence-corrected chi connectivity index (χ1v) is 8.73. The molecule has 1 aromatic carbocycles. The van der Waals surface area contributed by atoms with Gasteiger partial charge in [-0.05, 0) is 41.6 Å². The van der Waals surface area contributed by atoms with Gasteiger partial charge in [0.05, 0.1) is 5.69 Å². The predicted octanol–water partition coefficient (Wildman–Crippen LogP) is 5.67. The van der Waals surface area contributed by atoms with E-state index in [1.807, 2.05) is 23.6 Å². The summed E-state index contributed by atoms with van der Waals surface area (Å²) in [7, 11) is 0. The van der Waals surface area contributed by atoms with Gasteiger partial charge >= 0.3 is 0 Å². The number of aryl methyl sites for hydroxylation is 1. The molecular weight excluding hydrogens is 364 g/mol. The lowest BCUT2D eigenvalue weighted by atomic mass is 10.0. The molecular formula is C16H11BrN2S2. The van der Waals surface area contributed by atoms with Crippen molar-refractivity contribution in [3.63, 3.8) is 0 Å². The number of hydrogen-bond acceptors (Lipinski definition) is 4. The molecule has 0 saturated carbocycles. The summed E-state index contributed by atoms with van der Waals surface area (Å²) in [6.45, 7) is 2.07. The summed E-state index contributed by atoms with van der Waals surface area (Å²) in [5, 5.41) is 11.3. The fourth-order valence-corrected chi connectivity index (χ4v) is 4.55. The fraction of sp³-hybridized carbons (Fsp3) is 0.0625. The lowest BCUT2D eigenvalue weighted by Gasteiger charge is -2.07. The van der Waals surface area contributed by atoms with E-state index in [1.165, 1.54) is 16.9 Å². The Morgan fingerprint density at radius 3 is 2.76 bits per heavy atom. The van der Waals surface area contributed by atoms with E-state index in [4.69, 9.17) is 5.73 Å². The predicted molar refractivity (Wildman–Crippen MR) is 94.6 cm³/mol. The van der Waals surface area contributed by atoms with Crippen molar-refractivity contribution in [2.24, 2.45) is 0 Å². The second kappa shape index (κ2) is 5.64. The summed E-state index contributed by atoms with van der Waals surface area (Å²) >= 11 is 6.62. The van der Waals surface area contributed by atoms with Gasteiger partial charge in [-0.25, -0.2) is 0 Å². The minimum atomic E-state index is 0.577. The van der Waals surface area contributed by atoms with E-state index in [0.717, 1.165) is 25.4 Å². The van der Waals surface area contributed by atoms with Crippen LogP contribution in [0, 0.1) is 18.3 Å². The number of anilines is 1. The summed E-state index contributed by atoms with van der Waals surface area (Å²) in [6, 6.07) is 12.4. The monoisotopic (exact) mass is 374 g/mol. The zero-order chi connectivity index (χ0) is 15.0. The summed E-state index contributed by atoms with van der Waals surface area (Å²) in [5.41, 5.74) is 10.1. The molecule has 104 valence electrons. The van der Waals surface area contributed by atoms with Crippen molar-refractivity contribution < 1.29 is 0 Å². The Morgan fingerprint density at radius 1 is 1.29 bits per heavy atom. The van der Waals surface area contributed by atoms with Crippen molar-refractivity contribution in [2.45, 2.75) is 6.92 Å². The summed E-state index contributed by atoms with van der Waals surface area (Å²) in [5.74, 6) is 0. The number of hydrogen-bond donors (Lipinski definition) is 1. The van der Waals surface area contributed by atoms with E-state index in [2.05, 4.69) is 41.1 Å². The molecule has 0 aliphatic heterocycles. The van der Waals surface area contributed by atoms with Crippen LogP contribution in [0.2, 0.25) is 0 Å². The number of nitrogens with zero attached hydrogens (tertiary/aromatic N) is 1. The molecule has 3 aromatic rings. The van der Waals surface area contributed by atoms with Crippen LogP contribution in [0.1, 0.15) is 10.4 Å². The summed E-state index contributed by atoms with van der Waals surface area (Å²) in [4.78, 5) is 2.73. The highest BCUT2D eigenvalue weighted by molar-refractivity contribution is 9.10. The first kappa shape index (κ1) is 14.3. The van der Waals surface area contributed by atoms with E-state index in [1.54, 1.807) is 11.3 Å². The maximum Gasteiger partial charge on any atom is 0.129 e. The van der Waals surface area contributed by atoms with E-state index >= 15 is 0 Å². The summed E-state index contributed by atoms with van der Waals surface area (Å²) < 4.78 is 1.02. The van der Waals surface area contributed by atoms with E-state index < -0.39 is 0 Å². The molecule has 0 amide bonds. The zero-order valence-corrected chi connectivity index (χ0v) is 14.4. The van der Waals surface area contributed by atoms with Crippen LogP contribution in [-0.4, -0.2) is 0 Å². The van der Waals surface area contributed by atoms with Crippen molar-refractivity contribution in [1.29, 1.82) is 5.26 Å². The fourth-order valence-electron chi connectivity index (χ4n) is 2.22. The highest BCUT2D eigenvalue weighted by Gasteiger charge is 2.20. The number of rotatable bonds is 2. The maximum atomic E-state index is 9.30. The Hall–Kier alpha value is -1.61. The highest BCUT2D eigenvalue weighted by Crippen LogP contribution is 2.47. The van der Waals surface area contributed by atoms with Gasteiger partial charge in [0, 0.05) is 19.8 Å². The highest BCUT2D eigenvalue weighted by atomic mass is 79.9. The van der Waals surface area contributed by atoms with E-state index in [0.29, 0.717) is 10.6 Å². The number of benzene rings is 1. The first-order chi connectivity index (χ1) is 10.1. The molecule has 5 heteroatoms. The second-order valence-corrected chi connectivity index (χ2v) is 7.48. The van der Waals surface area contributed by atoms with Crippen LogP contribution < -0.4 is 5.73 Å². The smallest absolute Gasteiger partial charge is 0.129 e. The van der Waals surface area contributed by atoms with Gasteiger partial charge in [-0.3, -0.25) is 0 Å². The van der Waals surface area contributed by atoms with E-state index in [9.17, 15) is 5.26 Å². The van der Waals surface area contributed by atoms with Gasteiger partial charge in [-0.1, -0.05) is 28.1 Å². The molecule has 21 heavy (non-hydrogen) atoms. The average molecular weight is 375 g/mol. The SMILES string of the molecule is Cc1ccc(Br)cc1-c1sc(C#N)c(N)c1-c1cccs1. The standard InChI is InChI=1S/C16H11BrN2S2/c1-9-4-5-10(17)7-11(9)16-14(12-3-2-6-20-12)15(19)13(8-18)21-16/h2-7H,19H2,1H3. The Labute approximate surface area is 139 Å². The minimum absolute atomic E-state index is 0.577. The number of halogens is 1. The topological polar surface area (TPSA) is 49.8 Å². The Bertz CT molecular complexity index is 842. The molecule has 2 heterocycles. The van der Waals surface area contributed by atoms with Crippen molar-refractivity contribution in [1.82, 2.24) is 0 Å². The van der Waals surface area contributed by atoms with Crippen molar-refractivity contribution in [2.75, 3.05) is 5.73 Å². The van der Waals surface area contributed by atoms with Crippen LogP contribution in [0.5, 0.6) is 0 Å². The number of nitrogens with two attached hydrogens (primary N) is 1. The maximum absolute atomic E-state index is 9.30.